The van der Waals surface area contributed by atoms with E-state index in [0.717, 1.165) is 37.6 Å². The van der Waals surface area contributed by atoms with Crippen LogP contribution in [0, 0.1) is 0 Å². The number of rotatable bonds is 4. The number of ether oxygens (including phenoxy) is 2. The molecule has 1 aliphatic carbocycles. The smallest absolute Gasteiger partial charge is 0.0963 e. The molecule has 0 aliphatic heterocycles. The highest BCUT2D eigenvalue weighted by molar-refractivity contribution is 5.14. The van der Waals surface area contributed by atoms with Crippen LogP contribution < -0.4 is 0 Å². The van der Waals surface area contributed by atoms with Crippen molar-refractivity contribution in [3.8, 4) is 0 Å². The molecule has 0 aromatic rings. The van der Waals surface area contributed by atoms with Crippen LogP contribution in [0.1, 0.15) is 26.7 Å². The summed E-state index contributed by atoms with van der Waals surface area (Å²) in [7, 11) is 0. The lowest BCUT2D eigenvalue weighted by atomic mass is 10.1. The lowest BCUT2D eigenvalue weighted by Gasteiger charge is -2.14. The second-order valence-corrected chi connectivity index (χ2v) is 2.62. The molecule has 0 amide bonds. The highest BCUT2D eigenvalue weighted by atomic mass is 16.5. The van der Waals surface area contributed by atoms with Gasteiger partial charge in [-0.25, -0.2) is 0 Å². The predicted molar refractivity (Wildman–Crippen MR) is 48.7 cm³/mol. The Bertz CT molecular complexity index is 170. The summed E-state index contributed by atoms with van der Waals surface area (Å²) in [6.45, 7) is 5.51. The fourth-order valence-corrected chi connectivity index (χ4v) is 1.20. The maximum absolute atomic E-state index is 5.37. The van der Waals surface area contributed by atoms with Gasteiger partial charge in [0.2, 0.25) is 0 Å². The third kappa shape index (κ3) is 2.61. The van der Waals surface area contributed by atoms with Crippen LogP contribution in [-0.4, -0.2) is 13.2 Å². The van der Waals surface area contributed by atoms with Gasteiger partial charge in [0.25, 0.3) is 0 Å². The van der Waals surface area contributed by atoms with E-state index in [2.05, 4.69) is 12.2 Å². The number of hydrogen-bond donors (Lipinski definition) is 0. The van der Waals surface area contributed by atoms with Crippen LogP contribution in [0.25, 0.3) is 0 Å². The topological polar surface area (TPSA) is 18.5 Å². The minimum atomic E-state index is 0.754. The minimum Gasteiger partial charge on any atom is -0.498 e. The molecule has 68 valence electrons. The Hall–Kier alpha value is -0.920. The Kier molecular flexibility index (Phi) is 3.71. The van der Waals surface area contributed by atoms with E-state index in [-0.39, 0.29) is 0 Å². The van der Waals surface area contributed by atoms with Gasteiger partial charge in [-0.15, -0.1) is 0 Å². The molecule has 0 radical (unpaired) electrons. The van der Waals surface area contributed by atoms with Gasteiger partial charge in [-0.2, -0.15) is 0 Å². The van der Waals surface area contributed by atoms with Crippen LogP contribution >= 0.6 is 0 Å². The van der Waals surface area contributed by atoms with Crippen molar-refractivity contribution in [1.82, 2.24) is 0 Å². The van der Waals surface area contributed by atoms with Crippen molar-refractivity contribution >= 4 is 0 Å². The van der Waals surface area contributed by atoms with Gasteiger partial charge in [-0.3, -0.25) is 0 Å². The van der Waals surface area contributed by atoms with E-state index in [9.17, 15) is 0 Å². The fraction of sp³-hybridized carbons (Fsp3) is 0.600. The van der Waals surface area contributed by atoms with E-state index >= 15 is 0 Å². The molecule has 0 saturated carbocycles. The molecular formula is C10H16O2. The third-order valence-corrected chi connectivity index (χ3v) is 1.72. The summed E-state index contributed by atoms with van der Waals surface area (Å²) in [6, 6.07) is 0. The van der Waals surface area contributed by atoms with Crippen LogP contribution in [0.15, 0.2) is 23.7 Å². The standard InChI is InChI=1S/C10H16O2/c1-3-11-9-5-7-10(8-6-9)12-4-2/h5,8H,3-4,6-7H2,1-2H3. The van der Waals surface area contributed by atoms with Crippen molar-refractivity contribution < 1.29 is 9.47 Å². The van der Waals surface area contributed by atoms with Gasteiger partial charge in [0.05, 0.1) is 24.7 Å². The minimum absolute atomic E-state index is 0.754. The Morgan fingerprint density at radius 1 is 1.00 bits per heavy atom. The molecule has 0 N–H and O–H groups in total. The molecule has 0 aromatic heterocycles. The molecule has 0 heterocycles. The fourth-order valence-electron chi connectivity index (χ4n) is 1.20. The number of hydrogen-bond acceptors (Lipinski definition) is 2. The maximum Gasteiger partial charge on any atom is 0.0963 e. The van der Waals surface area contributed by atoms with Gasteiger partial charge >= 0.3 is 0 Å². The summed E-state index contributed by atoms with van der Waals surface area (Å²) in [6.07, 6.45) is 5.94. The van der Waals surface area contributed by atoms with Crippen LogP contribution in [0.4, 0.5) is 0 Å². The summed E-state index contributed by atoms with van der Waals surface area (Å²) in [5.74, 6) is 2.14. The summed E-state index contributed by atoms with van der Waals surface area (Å²) in [4.78, 5) is 0. The molecule has 0 spiro atoms. The molecule has 0 bridgehead atoms. The molecule has 0 fully saturated rings. The SMILES string of the molecule is CCOC1=CCC(OCC)=CC1. The molecule has 2 nitrogen and oxygen atoms in total. The zero-order chi connectivity index (χ0) is 8.81. The summed E-state index contributed by atoms with van der Waals surface area (Å²) in [5, 5.41) is 0. The van der Waals surface area contributed by atoms with E-state index in [1.807, 2.05) is 13.8 Å². The quantitative estimate of drug-likeness (QED) is 0.642. The van der Waals surface area contributed by atoms with Crippen LogP contribution in [0.3, 0.4) is 0 Å². The average Bonchev–Trinajstić information content (AvgIpc) is 2.09. The molecule has 12 heavy (non-hydrogen) atoms. The van der Waals surface area contributed by atoms with Gasteiger partial charge in [0.15, 0.2) is 0 Å². The van der Waals surface area contributed by atoms with Crippen LogP contribution in [-0.2, 0) is 9.47 Å². The molecule has 2 heteroatoms. The predicted octanol–water partition coefficient (Wildman–Crippen LogP) is 2.62. The van der Waals surface area contributed by atoms with Crippen LogP contribution in [0.5, 0.6) is 0 Å². The lowest BCUT2D eigenvalue weighted by molar-refractivity contribution is 0.201. The molecule has 0 aromatic carbocycles. The van der Waals surface area contributed by atoms with Gasteiger partial charge < -0.3 is 9.47 Å². The highest BCUT2D eigenvalue weighted by Crippen LogP contribution is 2.18. The zero-order valence-corrected chi connectivity index (χ0v) is 7.80. The largest absolute Gasteiger partial charge is 0.498 e. The summed E-state index contributed by atoms with van der Waals surface area (Å²) >= 11 is 0. The zero-order valence-electron chi connectivity index (χ0n) is 7.80. The van der Waals surface area contributed by atoms with Crippen molar-refractivity contribution in [2.75, 3.05) is 13.2 Å². The van der Waals surface area contributed by atoms with E-state index < -0.39 is 0 Å². The maximum atomic E-state index is 5.37. The second-order valence-electron chi connectivity index (χ2n) is 2.62. The highest BCUT2D eigenvalue weighted by Gasteiger charge is 2.05. The number of allylic oxidation sites excluding steroid dienone is 2. The molecule has 0 unspecified atom stereocenters. The van der Waals surface area contributed by atoms with E-state index in [4.69, 9.17) is 9.47 Å². The lowest BCUT2D eigenvalue weighted by Crippen LogP contribution is -1.99. The first kappa shape index (κ1) is 9.17. The Balaban J connectivity index is 2.32. The van der Waals surface area contributed by atoms with E-state index in [1.54, 1.807) is 0 Å². The summed E-state index contributed by atoms with van der Waals surface area (Å²) < 4.78 is 10.7. The van der Waals surface area contributed by atoms with Crippen molar-refractivity contribution in [2.24, 2.45) is 0 Å². The monoisotopic (exact) mass is 168 g/mol. The molecule has 1 rings (SSSR count). The van der Waals surface area contributed by atoms with Gasteiger partial charge in [-0.1, -0.05) is 0 Å². The van der Waals surface area contributed by atoms with Crippen LogP contribution in [0.2, 0.25) is 0 Å². The Morgan fingerprint density at radius 2 is 1.42 bits per heavy atom. The van der Waals surface area contributed by atoms with Crippen molar-refractivity contribution in [2.45, 2.75) is 26.7 Å². The first-order valence-corrected chi connectivity index (χ1v) is 4.50. The average molecular weight is 168 g/mol. The van der Waals surface area contributed by atoms with Gasteiger partial charge in [-0.05, 0) is 26.0 Å². The molecular weight excluding hydrogens is 152 g/mol. The Morgan fingerprint density at radius 3 is 1.67 bits per heavy atom. The second kappa shape index (κ2) is 4.86. The normalized spacial score (nSPS) is 16.5. The third-order valence-electron chi connectivity index (χ3n) is 1.72. The first-order chi connectivity index (χ1) is 5.86. The molecule has 1 aliphatic rings. The van der Waals surface area contributed by atoms with Crippen molar-refractivity contribution in [3.63, 3.8) is 0 Å². The van der Waals surface area contributed by atoms with Crippen molar-refractivity contribution in [3.05, 3.63) is 23.7 Å². The first-order valence-electron chi connectivity index (χ1n) is 4.50. The summed E-state index contributed by atoms with van der Waals surface area (Å²) in [5.41, 5.74) is 0. The Labute approximate surface area is 73.9 Å². The van der Waals surface area contributed by atoms with Gasteiger partial charge in [0.1, 0.15) is 0 Å². The molecule has 0 saturated heterocycles. The van der Waals surface area contributed by atoms with Crippen molar-refractivity contribution in [1.29, 1.82) is 0 Å². The van der Waals surface area contributed by atoms with Gasteiger partial charge in [0, 0.05) is 12.8 Å². The van der Waals surface area contributed by atoms with E-state index in [0.29, 0.717) is 0 Å². The van der Waals surface area contributed by atoms with E-state index in [1.165, 1.54) is 0 Å². The molecule has 0 atom stereocenters.